The minimum absolute atomic E-state index is 0.956. The molecular formula is C10H7N3. The van der Waals surface area contributed by atoms with Gasteiger partial charge in [0, 0.05) is 23.3 Å². The van der Waals surface area contributed by atoms with E-state index in [1.54, 1.807) is 6.33 Å². The van der Waals surface area contributed by atoms with E-state index in [-0.39, 0.29) is 0 Å². The van der Waals surface area contributed by atoms with Crippen molar-refractivity contribution >= 4 is 16.6 Å². The molecule has 0 saturated carbocycles. The second kappa shape index (κ2) is 2.29. The first-order valence-corrected chi connectivity index (χ1v) is 4.11. The highest BCUT2D eigenvalue weighted by atomic mass is 15.0. The third-order valence-corrected chi connectivity index (χ3v) is 2.16. The fourth-order valence-corrected chi connectivity index (χ4v) is 1.55. The molecule has 0 unspecified atom stereocenters. The second-order valence-corrected chi connectivity index (χ2v) is 2.94. The number of fused-ring (bicyclic) bond motifs is 3. The van der Waals surface area contributed by atoms with E-state index in [0.717, 1.165) is 16.6 Å². The summed E-state index contributed by atoms with van der Waals surface area (Å²) in [5.74, 6) is 0. The van der Waals surface area contributed by atoms with Crippen molar-refractivity contribution in [3.63, 3.8) is 0 Å². The summed E-state index contributed by atoms with van der Waals surface area (Å²) in [5.41, 5.74) is 2.11. The normalized spacial score (nSPS) is 11.1. The third kappa shape index (κ3) is 0.839. The predicted octanol–water partition coefficient (Wildman–Crippen LogP) is 1.88. The molecule has 0 aliphatic carbocycles. The maximum Gasteiger partial charge on any atom is 0.147 e. The highest BCUT2D eigenvalue weighted by Gasteiger charge is 1.98. The molecule has 0 fully saturated rings. The van der Waals surface area contributed by atoms with E-state index in [0.29, 0.717) is 0 Å². The highest BCUT2D eigenvalue weighted by Crippen LogP contribution is 2.13. The van der Waals surface area contributed by atoms with Crippen molar-refractivity contribution in [3.05, 3.63) is 43.0 Å². The molecule has 0 amide bonds. The molecule has 13 heavy (non-hydrogen) atoms. The summed E-state index contributed by atoms with van der Waals surface area (Å²) in [6.07, 6.45) is 5.40. The van der Waals surface area contributed by atoms with Gasteiger partial charge in [0.2, 0.25) is 0 Å². The van der Waals surface area contributed by atoms with E-state index in [2.05, 4.69) is 26.5 Å². The van der Waals surface area contributed by atoms with Gasteiger partial charge in [-0.15, -0.1) is 0 Å². The van der Waals surface area contributed by atoms with Crippen LogP contribution in [0.3, 0.4) is 0 Å². The molecule has 0 bridgehead atoms. The lowest BCUT2D eigenvalue weighted by atomic mass is 10.3. The number of hydrogen-bond donors (Lipinski definition) is 0. The lowest BCUT2D eigenvalue weighted by Crippen LogP contribution is -1.89. The zero-order chi connectivity index (χ0) is 8.67. The van der Waals surface area contributed by atoms with Gasteiger partial charge < -0.3 is 4.40 Å². The van der Waals surface area contributed by atoms with E-state index in [1.165, 1.54) is 0 Å². The Bertz CT molecular complexity index is 568. The zero-order valence-corrected chi connectivity index (χ0v) is 6.88. The lowest BCUT2D eigenvalue weighted by molar-refractivity contribution is 1.14. The summed E-state index contributed by atoms with van der Waals surface area (Å²) in [6.45, 7) is 0. The summed E-state index contributed by atoms with van der Waals surface area (Å²) in [6, 6.07) is 8.16. The Balaban J connectivity index is 2.65. The molecule has 3 aromatic rings. The average molecular weight is 169 g/mol. The topological polar surface area (TPSA) is 30.2 Å². The minimum Gasteiger partial charge on any atom is -0.301 e. The summed E-state index contributed by atoms with van der Waals surface area (Å²) in [5, 5.41) is 1.06. The number of hydrogen-bond acceptors (Lipinski definition) is 2. The molecule has 0 atom stereocenters. The predicted molar refractivity (Wildman–Crippen MR) is 50.5 cm³/mol. The fourth-order valence-electron chi connectivity index (χ4n) is 1.55. The van der Waals surface area contributed by atoms with Gasteiger partial charge in [-0.05, 0) is 24.3 Å². The van der Waals surface area contributed by atoms with Gasteiger partial charge in [0.05, 0.1) is 0 Å². The molecule has 0 saturated heterocycles. The van der Waals surface area contributed by atoms with Crippen molar-refractivity contribution in [2.45, 2.75) is 0 Å². The molecular weight excluding hydrogens is 162 g/mol. The molecule has 3 heterocycles. The molecule has 0 aliphatic rings. The lowest BCUT2D eigenvalue weighted by Gasteiger charge is -1.99. The van der Waals surface area contributed by atoms with Crippen LogP contribution >= 0.6 is 0 Å². The Labute approximate surface area is 74.7 Å². The first-order valence-electron chi connectivity index (χ1n) is 4.11. The first kappa shape index (κ1) is 6.60. The fraction of sp³-hybridized carbons (Fsp3) is 0. The van der Waals surface area contributed by atoms with Crippen molar-refractivity contribution in [1.82, 2.24) is 14.4 Å². The van der Waals surface area contributed by atoms with Crippen molar-refractivity contribution in [2.24, 2.45) is 0 Å². The van der Waals surface area contributed by atoms with Crippen LogP contribution in [0.2, 0.25) is 0 Å². The van der Waals surface area contributed by atoms with Gasteiger partial charge in [-0.1, -0.05) is 0 Å². The average Bonchev–Trinajstić information content (AvgIpc) is 2.65. The summed E-state index contributed by atoms with van der Waals surface area (Å²) in [4.78, 5) is 8.21. The van der Waals surface area contributed by atoms with Crippen LogP contribution in [0, 0.1) is 0 Å². The van der Waals surface area contributed by atoms with Crippen molar-refractivity contribution < 1.29 is 0 Å². The molecule has 0 aromatic carbocycles. The molecule has 0 aliphatic heterocycles. The van der Waals surface area contributed by atoms with Crippen molar-refractivity contribution in [3.8, 4) is 0 Å². The minimum atomic E-state index is 0.956. The maximum absolute atomic E-state index is 4.23. The number of nitrogens with zero attached hydrogens (tertiary/aromatic N) is 3. The van der Waals surface area contributed by atoms with E-state index < -0.39 is 0 Å². The molecule has 3 heteroatoms. The van der Waals surface area contributed by atoms with Crippen LogP contribution in [-0.4, -0.2) is 14.4 Å². The molecule has 3 aromatic heterocycles. The van der Waals surface area contributed by atoms with E-state index in [1.807, 2.05) is 24.5 Å². The zero-order valence-electron chi connectivity index (χ0n) is 6.88. The molecule has 0 N–H and O–H groups in total. The summed E-state index contributed by atoms with van der Waals surface area (Å²) in [7, 11) is 0. The van der Waals surface area contributed by atoms with Crippen LogP contribution in [0.1, 0.15) is 0 Å². The standard InChI is InChI=1S/C10H7N3/c1-2-9-4-3-8-6-11-7-12-10(8)13(9)5-1/h1-7H. The number of rotatable bonds is 0. The Kier molecular flexibility index (Phi) is 1.16. The SMILES string of the molecule is c1cc2ccc3cncnc3n2c1. The van der Waals surface area contributed by atoms with Gasteiger partial charge in [0.25, 0.3) is 0 Å². The van der Waals surface area contributed by atoms with Gasteiger partial charge in [-0.25, -0.2) is 9.97 Å². The smallest absolute Gasteiger partial charge is 0.147 e. The largest absolute Gasteiger partial charge is 0.301 e. The molecule has 0 spiro atoms. The van der Waals surface area contributed by atoms with Gasteiger partial charge >= 0.3 is 0 Å². The molecule has 62 valence electrons. The monoisotopic (exact) mass is 169 g/mol. The quantitative estimate of drug-likeness (QED) is 0.514. The van der Waals surface area contributed by atoms with Crippen LogP contribution in [0.15, 0.2) is 43.0 Å². The molecule has 3 rings (SSSR count). The van der Waals surface area contributed by atoms with Gasteiger partial charge in [-0.2, -0.15) is 0 Å². The summed E-state index contributed by atoms with van der Waals surface area (Å²) >= 11 is 0. The maximum atomic E-state index is 4.23. The Morgan fingerprint density at radius 3 is 3.15 bits per heavy atom. The number of pyridine rings is 1. The van der Waals surface area contributed by atoms with Crippen molar-refractivity contribution in [1.29, 1.82) is 0 Å². The Morgan fingerprint density at radius 2 is 2.15 bits per heavy atom. The second-order valence-electron chi connectivity index (χ2n) is 2.94. The van der Waals surface area contributed by atoms with Crippen LogP contribution < -0.4 is 0 Å². The Morgan fingerprint density at radius 1 is 1.15 bits per heavy atom. The van der Waals surface area contributed by atoms with E-state index >= 15 is 0 Å². The number of aromatic nitrogens is 3. The molecule has 3 nitrogen and oxygen atoms in total. The third-order valence-electron chi connectivity index (χ3n) is 2.16. The van der Waals surface area contributed by atoms with Crippen LogP contribution in [0.25, 0.3) is 16.6 Å². The van der Waals surface area contributed by atoms with Crippen LogP contribution in [0.4, 0.5) is 0 Å². The van der Waals surface area contributed by atoms with Gasteiger partial charge in [0.15, 0.2) is 0 Å². The van der Waals surface area contributed by atoms with Crippen LogP contribution in [-0.2, 0) is 0 Å². The van der Waals surface area contributed by atoms with Crippen LogP contribution in [0.5, 0.6) is 0 Å². The summed E-state index contributed by atoms with van der Waals surface area (Å²) < 4.78 is 2.05. The van der Waals surface area contributed by atoms with Crippen molar-refractivity contribution in [2.75, 3.05) is 0 Å². The van der Waals surface area contributed by atoms with Gasteiger partial charge in [-0.3, -0.25) is 0 Å². The first-order chi connectivity index (χ1) is 6.45. The van der Waals surface area contributed by atoms with E-state index in [9.17, 15) is 0 Å². The molecule has 0 radical (unpaired) electrons. The van der Waals surface area contributed by atoms with E-state index in [4.69, 9.17) is 0 Å². The highest BCUT2D eigenvalue weighted by molar-refractivity contribution is 5.78. The van der Waals surface area contributed by atoms with Gasteiger partial charge in [0.1, 0.15) is 12.0 Å². The Hall–Kier alpha value is -1.90.